The van der Waals surface area contributed by atoms with Crippen molar-refractivity contribution in [2.75, 3.05) is 10.6 Å². The summed E-state index contributed by atoms with van der Waals surface area (Å²) in [6.45, 7) is 0. The lowest BCUT2D eigenvalue weighted by Crippen LogP contribution is -2.14. The third-order valence-electron chi connectivity index (χ3n) is 6.59. The highest BCUT2D eigenvalue weighted by molar-refractivity contribution is 7.15. The predicted octanol–water partition coefficient (Wildman–Crippen LogP) is 4.94. The average molecular weight is 569 g/mol. The number of carbonyl (C=O) groups is 2. The summed E-state index contributed by atoms with van der Waals surface area (Å²) in [6, 6.07) is 18.1. The van der Waals surface area contributed by atoms with Crippen molar-refractivity contribution in [2.24, 2.45) is 0 Å². The van der Waals surface area contributed by atoms with Crippen LogP contribution in [0.15, 0.2) is 48.5 Å². The van der Waals surface area contributed by atoms with Crippen molar-refractivity contribution in [3.8, 4) is 12.1 Å². The normalized spacial score (nSPS) is 16.4. The van der Waals surface area contributed by atoms with Crippen LogP contribution in [-0.2, 0) is 22.4 Å². The van der Waals surface area contributed by atoms with E-state index in [0.29, 0.717) is 21.4 Å². The topological polar surface area (TPSA) is 157 Å². The van der Waals surface area contributed by atoms with Gasteiger partial charge in [-0.25, -0.2) is 0 Å². The second kappa shape index (κ2) is 12.6. The van der Waals surface area contributed by atoms with Gasteiger partial charge < -0.3 is 10.6 Å². The Morgan fingerprint density at radius 1 is 0.775 bits per heavy atom. The molecule has 0 spiro atoms. The van der Waals surface area contributed by atoms with Gasteiger partial charge in [0.2, 0.25) is 22.1 Å². The first kappa shape index (κ1) is 27.1. The molecule has 0 radical (unpaired) electrons. The number of nitriles is 2. The molecule has 5 rings (SSSR count). The monoisotopic (exact) mass is 568 g/mol. The molecule has 1 aliphatic rings. The Morgan fingerprint density at radius 2 is 1.25 bits per heavy atom. The van der Waals surface area contributed by atoms with Crippen LogP contribution in [0.1, 0.15) is 69.8 Å². The summed E-state index contributed by atoms with van der Waals surface area (Å²) in [5.41, 5.74) is 2.56. The fraction of sp³-hybridized carbons (Fsp3) is 0.286. The molecule has 0 bridgehead atoms. The number of amides is 2. The van der Waals surface area contributed by atoms with Crippen LogP contribution in [0, 0.1) is 22.7 Å². The Labute approximate surface area is 238 Å². The second-order valence-corrected chi connectivity index (χ2v) is 11.5. The number of benzene rings is 2. The number of anilines is 2. The van der Waals surface area contributed by atoms with Crippen molar-refractivity contribution in [3.05, 3.63) is 80.8 Å². The zero-order chi connectivity index (χ0) is 27.9. The molecule has 0 aliphatic heterocycles. The fourth-order valence-corrected chi connectivity index (χ4v) is 6.55. The lowest BCUT2D eigenvalue weighted by atomic mass is 9.82. The molecule has 1 fully saturated rings. The number of hydrogen-bond acceptors (Lipinski definition) is 10. The minimum absolute atomic E-state index is 0.151. The van der Waals surface area contributed by atoms with E-state index in [0.717, 1.165) is 46.8 Å². The quantitative estimate of drug-likeness (QED) is 0.303. The zero-order valence-electron chi connectivity index (χ0n) is 21.3. The molecule has 12 heteroatoms. The maximum Gasteiger partial charge on any atom is 0.230 e. The molecule has 2 heterocycles. The molecule has 0 unspecified atom stereocenters. The lowest BCUT2D eigenvalue weighted by Gasteiger charge is -2.25. The van der Waals surface area contributed by atoms with Crippen molar-refractivity contribution in [2.45, 2.75) is 50.4 Å². The fourth-order valence-electron chi connectivity index (χ4n) is 4.74. The van der Waals surface area contributed by atoms with Gasteiger partial charge in [-0.05, 0) is 54.7 Å². The van der Waals surface area contributed by atoms with Crippen LogP contribution in [0.2, 0.25) is 0 Å². The van der Waals surface area contributed by atoms with Crippen molar-refractivity contribution in [1.82, 2.24) is 20.4 Å². The summed E-state index contributed by atoms with van der Waals surface area (Å²) in [6.07, 6.45) is 4.10. The van der Waals surface area contributed by atoms with Crippen LogP contribution in [-0.4, -0.2) is 32.2 Å². The summed E-state index contributed by atoms with van der Waals surface area (Å²) >= 11 is 2.77. The summed E-state index contributed by atoms with van der Waals surface area (Å²) in [4.78, 5) is 25.0. The molecule has 2 N–H and O–H groups in total. The SMILES string of the molecule is N#Cc1cccc(CC(=O)Nc2nnc([C@H]3CCC[C@H](c4nnc(NC(=O)Cc5cccc(C#N)c5)s4)C3)s2)c1. The van der Waals surface area contributed by atoms with Gasteiger partial charge in [-0.3, -0.25) is 9.59 Å². The number of nitrogens with zero attached hydrogens (tertiary/aromatic N) is 6. The maximum atomic E-state index is 12.5. The van der Waals surface area contributed by atoms with Crippen molar-refractivity contribution >= 4 is 44.8 Å². The standard InChI is InChI=1S/C28H24N8O2S2/c29-15-19-6-1-4-17(10-19)12-23(37)31-27-35-33-25(39-27)21-8-3-9-22(14-21)26-34-36-28(40-26)32-24(38)13-18-5-2-7-20(11-18)16-30/h1-2,4-7,10-11,21-22H,3,8-9,12-14H2,(H,31,35,37)(H,32,36,38)/t21-,22-/m0/s1. The van der Waals surface area contributed by atoms with Crippen LogP contribution in [0.25, 0.3) is 0 Å². The van der Waals surface area contributed by atoms with Gasteiger partial charge >= 0.3 is 0 Å². The zero-order valence-corrected chi connectivity index (χ0v) is 23.0. The highest BCUT2D eigenvalue weighted by Crippen LogP contribution is 2.43. The molecule has 2 amide bonds. The van der Waals surface area contributed by atoms with Crippen LogP contribution in [0.5, 0.6) is 0 Å². The predicted molar refractivity (Wildman–Crippen MR) is 151 cm³/mol. The highest BCUT2D eigenvalue weighted by atomic mass is 32.1. The lowest BCUT2D eigenvalue weighted by molar-refractivity contribution is -0.116. The van der Waals surface area contributed by atoms with E-state index in [1.807, 2.05) is 12.1 Å². The smallest absolute Gasteiger partial charge is 0.230 e. The number of hydrogen-bond donors (Lipinski definition) is 2. The van der Waals surface area contributed by atoms with Gasteiger partial charge in [0.15, 0.2) is 0 Å². The van der Waals surface area contributed by atoms with Crippen LogP contribution in [0.3, 0.4) is 0 Å². The van der Waals surface area contributed by atoms with Crippen molar-refractivity contribution < 1.29 is 9.59 Å². The number of rotatable bonds is 8. The van der Waals surface area contributed by atoms with Gasteiger partial charge in [-0.15, -0.1) is 20.4 Å². The van der Waals surface area contributed by atoms with E-state index >= 15 is 0 Å². The third-order valence-corrected chi connectivity index (χ3v) is 8.59. The molecule has 10 nitrogen and oxygen atoms in total. The number of aromatic nitrogens is 4. The summed E-state index contributed by atoms with van der Waals surface area (Å²) in [7, 11) is 0. The maximum absolute atomic E-state index is 12.5. The number of carbonyl (C=O) groups excluding carboxylic acids is 2. The molecule has 2 aromatic carbocycles. The van der Waals surface area contributed by atoms with Gasteiger partial charge in [0.05, 0.1) is 36.1 Å². The Kier molecular flexibility index (Phi) is 8.50. The summed E-state index contributed by atoms with van der Waals surface area (Å²) in [5, 5.41) is 43.5. The van der Waals surface area contributed by atoms with Crippen molar-refractivity contribution in [3.63, 3.8) is 0 Å². The first-order valence-corrected chi connectivity index (χ1v) is 14.4. The van der Waals surface area contributed by atoms with E-state index < -0.39 is 0 Å². The van der Waals surface area contributed by atoms with E-state index in [1.54, 1.807) is 36.4 Å². The van der Waals surface area contributed by atoms with E-state index in [4.69, 9.17) is 10.5 Å². The van der Waals surface area contributed by atoms with Crippen LogP contribution >= 0.6 is 22.7 Å². The Morgan fingerprint density at radius 3 is 1.70 bits per heavy atom. The van der Waals surface area contributed by atoms with Crippen LogP contribution < -0.4 is 10.6 Å². The Balaban J connectivity index is 1.15. The Hall–Kier alpha value is -4.52. The molecule has 4 aromatic rings. The second-order valence-electron chi connectivity index (χ2n) is 9.53. The van der Waals surface area contributed by atoms with Gasteiger partial charge in [0.25, 0.3) is 0 Å². The molecular weight excluding hydrogens is 544 g/mol. The average Bonchev–Trinajstić information content (AvgIpc) is 3.63. The van der Waals surface area contributed by atoms with Crippen molar-refractivity contribution in [1.29, 1.82) is 10.5 Å². The molecule has 1 aliphatic carbocycles. The molecule has 200 valence electrons. The van der Waals surface area contributed by atoms with E-state index in [-0.39, 0.29) is 36.5 Å². The van der Waals surface area contributed by atoms with Gasteiger partial charge in [0.1, 0.15) is 10.0 Å². The van der Waals surface area contributed by atoms with Gasteiger partial charge in [0, 0.05) is 11.8 Å². The minimum atomic E-state index is -0.208. The minimum Gasteiger partial charge on any atom is -0.300 e. The van der Waals surface area contributed by atoms with E-state index in [1.165, 1.54) is 22.7 Å². The Bertz CT molecular complexity index is 1500. The third kappa shape index (κ3) is 6.91. The summed E-state index contributed by atoms with van der Waals surface area (Å²) in [5.74, 6) is -0.0202. The first-order chi connectivity index (χ1) is 19.5. The molecular formula is C28H24N8O2S2. The first-order valence-electron chi connectivity index (χ1n) is 12.7. The van der Waals surface area contributed by atoms with Crippen LogP contribution in [0.4, 0.5) is 10.3 Å². The number of nitrogens with one attached hydrogen (secondary N) is 2. The largest absolute Gasteiger partial charge is 0.300 e. The van der Waals surface area contributed by atoms with Gasteiger partial charge in [-0.1, -0.05) is 53.4 Å². The molecule has 1 saturated carbocycles. The molecule has 2 atom stereocenters. The van der Waals surface area contributed by atoms with E-state index in [2.05, 4.69) is 43.2 Å². The van der Waals surface area contributed by atoms with Gasteiger partial charge in [-0.2, -0.15) is 10.5 Å². The molecule has 2 aromatic heterocycles. The highest BCUT2D eigenvalue weighted by Gasteiger charge is 2.29. The molecule has 40 heavy (non-hydrogen) atoms. The van der Waals surface area contributed by atoms with E-state index in [9.17, 15) is 9.59 Å². The summed E-state index contributed by atoms with van der Waals surface area (Å²) < 4.78 is 0. The molecule has 0 saturated heterocycles.